The number of amides is 2. The lowest BCUT2D eigenvalue weighted by Gasteiger charge is -2.35. The van der Waals surface area contributed by atoms with Gasteiger partial charge in [-0.1, -0.05) is 0 Å². The van der Waals surface area contributed by atoms with Gasteiger partial charge < -0.3 is 16.4 Å². The summed E-state index contributed by atoms with van der Waals surface area (Å²) in [6.07, 6.45) is 4.03. The first kappa shape index (κ1) is 10.4. The SMILES string of the molecule is NC(=O)C1CCCCN1C(=O)C1(N)CC1. The van der Waals surface area contributed by atoms with Crippen LogP contribution in [0, 0.1) is 0 Å². The van der Waals surface area contributed by atoms with Gasteiger partial charge in [-0.25, -0.2) is 0 Å². The fourth-order valence-electron chi connectivity index (χ4n) is 2.10. The molecular formula is C10H17N3O2. The number of likely N-dealkylation sites (tertiary alicyclic amines) is 1. The molecular weight excluding hydrogens is 194 g/mol. The van der Waals surface area contributed by atoms with E-state index in [1.165, 1.54) is 0 Å². The van der Waals surface area contributed by atoms with Crippen molar-refractivity contribution in [1.29, 1.82) is 0 Å². The van der Waals surface area contributed by atoms with E-state index >= 15 is 0 Å². The number of piperidine rings is 1. The number of primary amides is 1. The molecule has 1 heterocycles. The minimum atomic E-state index is -0.689. The molecule has 0 aromatic heterocycles. The molecule has 0 aromatic carbocycles. The molecule has 5 heteroatoms. The highest BCUT2D eigenvalue weighted by Crippen LogP contribution is 2.35. The summed E-state index contributed by atoms with van der Waals surface area (Å²) in [5, 5.41) is 0. The summed E-state index contributed by atoms with van der Waals surface area (Å²) in [5.74, 6) is -0.502. The van der Waals surface area contributed by atoms with E-state index < -0.39 is 17.5 Å². The van der Waals surface area contributed by atoms with Crippen LogP contribution in [0.15, 0.2) is 0 Å². The van der Waals surface area contributed by atoms with Crippen molar-refractivity contribution in [1.82, 2.24) is 4.90 Å². The second kappa shape index (κ2) is 3.48. The molecule has 2 aliphatic rings. The molecule has 2 rings (SSSR count). The Kier molecular flexibility index (Phi) is 2.42. The largest absolute Gasteiger partial charge is 0.368 e. The molecule has 1 atom stereocenters. The van der Waals surface area contributed by atoms with Crippen molar-refractivity contribution in [2.24, 2.45) is 11.5 Å². The summed E-state index contributed by atoms with van der Waals surface area (Å²) in [4.78, 5) is 24.8. The lowest BCUT2D eigenvalue weighted by molar-refractivity contribution is -0.142. The second-order valence-electron chi connectivity index (χ2n) is 4.57. The molecule has 1 aliphatic carbocycles. The Morgan fingerprint density at radius 2 is 1.93 bits per heavy atom. The van der Waals surface area contributed by atoms with E-state index in [1.807, 2.05) is 0 Å². The summed E-state index contributed by atoms with van der Waals surface area (Å²) in [6, 6.07) is -0.438. The molecule has 15 heavy (non-hydrogen) atoms. The first-order chi connectivity index (χ1) is 7.04. The molecule has 2 amide bonds. The highest BCUT2D eigenvalue weighted by atomic mass is 16.2. The minimum Gasteiger partial charge on any atom is -0.368 e. The summed E-state index contributed by atoms with van der Waals surface area (Å²) < 4.78 is 0. The zero-order valence-electron chi connectivity index (χ0n) is 8.74. The van der Waals surface area contributed by atoms with Gasteiger partial charge in [-0.15, -0.1) is 0 Å². The number of carbonyl (C=O) groups excluding carboxylic acids is 2. The van der Waals surface area contributed by atoms with Crippen molar-refractivity contribution in [2.75, 3.05) is 6.54 Å². The average Bonchev–Trinajstić information content (AvgIpc) is 2.96. The maximum absolute atomic E-state index is 12.0. The Balaban J connectivity index is 2.10. The van der Waals surface area contributed by atoms with E-state index in [1.54, 1.807) is 4.90 Å². The maximum Gasteiger partial charge on any atom is 0.243 e. The van der Waals surface area contributed by atoms with Crippen LogP contribution in [0.25, 0.3) is 0 Å². The van der Waals surface area contributed by atoms with Crippen molar-refractivity contribution in [3.63, 3.8) is 0 Å². The fraction of sp³-hybridized carbons (Fsp3) is 0.800. The van der Waals surface area contributed by atoms with Gasteiger partial charge in [-0.2, -0.15) is 0 Å². The third-order valence-electron chi connectivity index (χ3n) is 3.31. The Morgan fingerprint density at radius 1 is 1.27 bits per heavy atom. The van der Waals surface area contributed by atoms with E-state index in [4.69, 9.17) is 11.5 Å². The van der Waals surface area contributed by atoms with E-state index in [2.05, 4.69) is 0 Å². The monoisotopic (exact) mass is 211 g/mol. The molecule has 0 aromatic rings. The van der Waals surface area contributed by atoms with Crippen LogP contribution < -0.4 is 11.5 Å². The Labute approximate surface area is 88.8 Å². The van der Waals surface area contributed by atoms with Gasteiger partial charge in [-0.05, 0) is 32.1 Å². The van der Waals surface area contributed by atoms with Crippen molar-refractivity contribution in [3.05, 3.63) is 0 Å². The molecule has 0 spiro atoms. The summed E-state index contributed by atoms with van der Waals surface area (Å²) in [7, 11) is 0. The van der Waals surface area contributed by atoms with Crippen LogP contribution >= 0.6 is 0 Å². The zero-order valence-corrected chi connectivity index (χ0v) is 8.74. The average molecular weight is 211 g/mol. The van der Waals surface area contributed by atoms with Gasteiger partial charge in [0, 0.05) is 6.54 Å². The molecule has 0 bridgehead atoms. The lowest BCUT2D eigenvalue weighted by Crippen LogP contribution is -2.56. The Hall–Kier alpha value is -1.10. The van der Waals surface area contributed by atoms with E-state index in [-0.39, 0.29) is 5.91 Å². The van der Waals surface area contributed by atoms with Crippen molar-refractivity contribution >= 4 is 11.8 Å². The van der Waals surface area contributed by atoms with E-state index in [9.17, 15) is 9.59 Å². The molecule has 1 saturated heterocycles. The number of carbonyl (C=O) groups is 2. The van der Waals surface area contributed by atoms with E-state index in [0.717, 1.165) is 25.7 Å². The molecule has 0 radical (unpaired) electrons. The van der Waals surface area contributed by atoms with Gasteiger partial charge in [0.05, 0.1) is 5.54 Å². The molecule has 1 saturated carbocycles. The molecule has 5 nitrogen and oxygen atoms in total. The standard InChI is InChI=1S/C10H17N3O2/c11-8(14)7-3-1-2-6-13(7)9(15)10(12)4-5-10/h7H,1-6,12H2,(H2,11,14). The highest BCUT2D eigenvalue weighted by Gasteiger charge is 2.50. The number of rotatable bonds is 2. The van der Waals surface area contributed by atoms with Crippen molar-refractivity contribution in [3.8, 4) is 0 Å². The molecule has 1 aliphatic heterocycles. The van der Waals surface area contributed by atoms with Gasteiger partial charge >= 0.3 is 0 Å². The predicted octanol–water partition coefficient (Wildman–Crippen LogP) is -0.656. The zero-order chi connectivity index (χ0) is 11.1. The summed E-state index contributed by atoms with van der Waals surface area (Å²) in [6.45, 7) is 0.616. The maximum atomic E-state index is 12.0. The number of nitrogens with two attached hydrogens (primary N) is 2. The topological polar surface area (TPSA) is 89.4 Å². The van der Waals surface area contributed by atoms with Gasteiger partial charge in [0.1, 0.15) is 6.04 Å². The molecule has 84 valence electrons. The van der Waals surface area contributed by atoms with Crippen LogP contribution in [0.5, 0.6) is 0 Å². The van der Waals surface area contributed by atoms with Gasteiger partial charge in [0.25, 0.3) is 0 Å². The number of nitrogens with zero attached hydrogens (tertiary/aromatic N) is 1. The smallest absolute Gasteiger partial charge is 0.243 e. The van der Waals surface area contributed by atoms with Gasteiger partial charge in [0.2, 0.25) is 11.8 Å². The molecule has 1 unspecified atom stereocenters. The first-order valence-corrected chi connectivity index (χ1v) is 5.44. The predicted molar refractivity (Wildman–Crippen MR) is 54.7 cm³/mol. The van der Waals surface area contributed by atoms with E-state index in [0.29, 0.717) is 13.0 Å². The van der Waals surface area contributed by atoms with Crippen LogP contribution in [0.2, 0.25) is 0 Å². The highest BCUT2D eigenvalue weighted by molar-refractivity contribution is 5.93. The van der Waals surface area contributed by atoms with Crippen molar-refractivity contribution in [2.45, 2.75) is 43.7 Å². The third kappa shape index (κ3) is 1.84. The van der Waals surface area contributed by atoms with Crippen LogP contribution in [-0.2, 0) is 9.59 Å². The molecule has 4 N–H and O–H groups in total. The first-order valence-electron chi connectivity index (χ1n) is 5.44. The molecule has 2 fully saturated rings. The van der Waals surface area contributed by atoms with Crippen LogP contribution in [0.4, 0.5) is 0 Å². The normalized spacial score (nSPS) is 28.6. The number of hydrogen-bond donors (Lipinski definition) is 2. The van der Waals surface area contributed by atoms with Crippen LogP contribution in [0.3, 0.4) is 0 Å². The lowest BCUT2D eigenvalue weighted by atomic mass is 10.00. The fourth-order valence-corrected chi connectivity index (χ4v) is 2.10. The summed E-state index contributed by atoms with van der Waals surface area (Å²) in [5.41, 5.74) is 10.4. The quantitative estimate of drug-likeness (QED) is 0.635. The Morgan fingerprint density at radius 3 is 2.47 bits per heavy atom. The van der Waals surface area contributed by atoms with Gasteiger partial charge in [-0.3, -0.25) is 9.59 Å². The number of hydrogen-bond acceptors (Lipinski definition) is 3. The second-order valence-corrected chi connectivity index (χ2v) is 4.57. The summed E-state index contributed by atoms with van der Waals surface area (Å²) >= 11 is 0. The third-order valence-corrected chi connectivity index (χ3v) is 3.31. The van der Waals surface area contributed by atoms with Crippen LogP contribution in [-0.4, -0.2) is 34.8 Å². The Bertz CT molecular complexity index is 299. The van der Waals surface area contributed by atoms with Crippen molar-refractivity contribution < 1.29 is 9.59 Å². The van der Waals surface area contributed by atoms with Gasteiger partial charge in [0.15, 0.2) is 0 Å². The van der Waals surface area contributed by atoms with Crippen LogP contribution in [0.1, 0.15) is 32.1 Å². The minimum absolute atomic E-state index is 0.0917.